The van der Waals surface area contributed by atoms with E-state index in [1.165, 1.54) is 13.2 Å². The molecule has 0 radical (unpaired) electrons. The lowest BCUT2D eigenvalue weighted by Gasteiger charge is -2.18. The van der Waals surface area contributed by atoms with Gasteiger partial charge in [0.1, 0.15) is 11.5 Å². The Balaban J connectivity index is 2.86. The Morgan fingerprint density at radius 1 is 1.22 bits per heavy atom. The predicted octanol–water partition coefficient (Wildman–Crippen LogP) is 3.15. The molecular formula is C19H31F2N3O3. The summed E-state index contributed by atoms with van der Waals surface area (Å²) in [6.07, 6.45) is 2.77. The van der Waals surface area contributed by atoms with Gasteiger partial charge in [-0.25, -0.2) is 4.99 Å². The van der Waals surface area contributed by atoms with E-state index in [0.717, 1.165) is 19.3 Å². The number of hydrogen-bond acceptors (Lipinski definition) is 4. The molecule has 0 amide bonds. The molecule has 27 heavy (non-hydrogen) atoms. The van der Waals surface area contributed by atoms with Crippen LogP contribution in [0, 0.1) is 5.92 Å². The average molecular weight is 387 g/mol. The highest BCUT2D eigenvalue weighted by Crippen LogP contribution is 2.26. The molecule has 0 fully saturated rings. The molecular weight excluding hydrogens is 356 g/mol. The summed E-state index contributed by atoms with van der Waals surface area (Å²) in [6.45, 7) is 2.82. The van der Waals surface area contributed by atoms with Gasteiger partial charge in [0.15, 0.2) is 5.96 Å². The lowest BCUT2D eigenvalue weighted by molar-refractivity contribution is -0.0504. The molecule has 1 aromatic carbocycles. The summed E-state index contributed by atoms with van der Waals surface area (Å²) in [4.78, 5) is 4.47. The number of alkyl halides is 2. The highest BCUT2D eigenvalue weighted by atomic mass is 19.3. The average Bonchev–Trinajstić information content (AvgIpc) is 2.64. The quantitative estimate of drug-likeness (QED) is 0.379. The maximum absolute atomic E-state index is 12.6. The molecule has 0 aliphatic heterocycles. The maximum Gasteiger partial charge on any atom is 0.387 e. The zero-order valence-electron chi connectivity index (χ0n) is 16.3. The number of aliphatic imine (C=N–C) groups is 1. The molecule has 0 saturated heterocycles. The van der Waals surface area contributed by atoms with Crippen molar-refractivity contribution in [3.05, 3.63) is 23.8 Å². The number of rotatable bonds is 12. The second-order valence-electron chi connectivity index (χ2n) is 6.10. The number of benzene rings is 1. The third-order valence-corrected chi connectivity index (χ3v) is 4.03. The number of aliphatic hydroxyl groups excluding tert-OH is 1. The summed E-state index contributed by atoms with van der Waals surface area (Å²) in [7, 11) is 1.51. The largest absolute Gasteiger partial charge is 0.497 e. The van der Waals surface area contributed by atoms with Gasteiger partial charge in [-0.05, 0) is 43.9 Å². The van der Waals surface area contributed by atoms with E-state index >= 15 is 0 Å². The second kappa shape index (κ2) is 13.1. The first-order valence-electron chi connectivity index (χ1n) is 9.28. The van der Waals surface area contributed by atoms with Crippen LogP contribution in [-0.2, 0) is 6.54 Å². The maximum atomic E-state index is 12.6. The van der Waals surface area contributed by atoms with Gasteiger partial charge >= 0.3 is 6.61 Å². The van der Waals surface area contributed by atoms with Gasteiger partial charge in [-0.2, -0.15) is 8.78 Å². The first kappa shape index (κ1) is 23.0. The molecule has 6 nitrogen and oxygen atoms in total. The van der Waals surface area contributed by atoms with E-state index in [2.05, 4.69) is 27.3 Å². The Hall–Kier alpha value is -2.09. The molecule has 0 spiro atoms. The van der Waals surface area contributed by atoms with Gasteiger partial charge in [0.25, 0.3) is 0 Å². The normalized spacial score (nSPS) is 12.8. The van der Waals surface area contributed by atoms with Crippen molar-refractivity contribution in [2.24, 2.45) is 10.9 Å². The van der Waals surface area contributed by atoms with Crippen LogP contribution in [0.3, 0.4) is 0 Å². The van der Waals surface area contributed by atoms with Gasteiger partial charge in [-0.1, -0.05) is 13.3 Å². The molecule has 1 atom stereocenters. The molecule has 0 heterocycles. The van der Waals surface area contributed by atoms with Crippen LogP contribution in [0.5, 0.6) is 11.5 Å². The monoisotopic (exact) mass is 387 g/mol. The van der Waals surface area contributed by atoms with Gasteiger partial charge < -0.3 is 25.2 Å². The minimum Gasteiger partial charge on any atom is -0.497 e. The Bertz CT molecular complexity index is 565. The topological polar surface area (TPSA) is 75.1 Å². The number of hydrogen-bond donors (Lipinski definition) is 3. The second-order valence-corrected chi connectivity index (χ2v) is 6.10. The number of guanidine groups is 1. The SMILES string of the molecule is CCCC(CCO)CNC(=NCc1cc(OC)ccc1OC(F)F)NCC. The van der Waals surface area contributed by atoms with E-state index in [1.807, 2.05) is 6.92 Å². The van der Waals surface area contributed by atoms with Crippen LogP contribution in [-0.4, -0.2) is 44.5 Å². The highest BCUT2D eigenvalue weighted by Gasteiger charge is 2.12. The Labute approximate surface area is 160 Å². The highest BCUT2D eigenvalue weighted by molar-refractivity contribution is 5.79. The number of nitrogens with zero attached hydrogens (tertiary/aromatic N) is 1. The lowest BCUT2D eigenvalue weighted by Crippen LogP contribution is -2.40. The fourth-order valence-corrected chi connectivity index (χ4v) is 2.70. The summed E-state index contributed by atoms with van der Waals surface area (Å²) >= 11 is 0. The third kappa shape index (κ3) is 8.90. The number of aliphatic hydroxyl groups is 1. The van der Waals surface area contributed by atoms with Gasteiger partial charge in [0.2, 0.25) is 0 Å². The van der Waals surface area contributed by atoms with Gasteiger partial charge in [0, 0.05) is 25.3 Å². The van der Waals surface area contributed by atoms with Crippen LogP contribution in [0.25, 0.3) is 0 Å². The fourth-order valence-electron chi connectivity index (χ4n) is 2.70. The molecule has 1 aromatic rings. The van der Waals surface area contributed by atoms with Gasteiger partial charge in [-0.15, -0.1) is 0 Å². The minimum absolute atomic E-state index is 0.0783. The van der Waals surface area contributed by atoms with E-state index in [-0.39, 0.29) is 18.9 Å². The van der Waals surface area contributed by atoms with Crippen molar-refractivity contribution >= 4 is 5.96 Å². The Morgan fingerprint density at radius 2 is 2.00 bits per heavy atom. The van der Waals surface area contributed by atoms with E-state index in [0.29, 0.717) is 36.3 Å². The van der Waals surface area contributed by atoms with Crippen molar-refractivity contribution in [2.45, 2.75) is 46.3 Å². The molecule has 0 aliphatic carbocycles. The molecule has 3 N–H and O–H groups in total. The summed E-state index contributed by atoms with van der Waals surface area (Å²) in [5.41, 5.74) is 0.507. The predicted molar refractivity (Wildman–Crippen MR) is 103 cm³/mol. The lowest BCUT2D eigenvalue weighted by atomic mass is 10.0. The van der Waals surface area contributed by atoms with Gasteiger partial charge in [0.05, 0.1) is 13.7 Å². The first-order chi connectivity index (χ1) is 13.0. The van der Waals surface area contributed by atoms with Crippen molar-refractivity contribution in [1.82, 2.24) is 10.6 Å². The number of nitrogens with one attached hydrogen (secondary N) is 2. The molecule has 154 valence electrons. The van der Waals surface area contributed by atoms with Crippen molar-refractivity contribution in [2.75, 3.05) is 26.8 Å². The van der Waals surface area contributed by atoms with E-state index in [1.54, 1.807) is 12.1 Å². The summed E-state index contributed by atoms with van der Waals surface area (Å²) in [6, 6.07) is 4.66. The Kier molecular flexibility index (Phi) is 11.2. The van der Waals surface area contributed by atoms with Crippen molar-refractivity contribution < 1.29 is 23.4 Å². The minimum atomic E-state index is -2.90. The molecule has 0 aliphatic rings. The fraction of sp³-hybridized carbons (Fsp3) is 0.632. The third-order valence-electron chi connectivity index (χ3n) is 4.03. The van der Waals surface area contributed by atoms with Crippen molar-refractivity contribution in [1.29, 1.82) is 0 Å². The zero-order valence-corrected chi connectivity index (χ0v) is 16.3. The first-order valence-corrected chi connectivity index (χ1v) is 9.28. The number of halogens is 2. The van der Waals surface area contributed by atoms with Crippen LogP contribution >= 0.6 is 0 Å². The van der Waals surface area contributed by atoms with Crippen LogP contribution in [0.15, 0.2) is 23.2 Å². The summed E-state index contributed by atoms with van der Waals surface area (Å²) < 4.78 is 35.0. The van der Waals surface area contributed by atoms with Crippen LogP contribution in [0.1, 0.15) is 38.7 Å². The molecule has 8 heteroatoms. The summed E-state index contributed by atoms with van der Waals surface area (Å²) in [5.74, 6) is 1.56. The molecule has 0 aromatic heterocycles. The smallest absolute Gasteiger partial charge is 0.387 e. The molecule has 0 saturated carbocycles. The van der Waals surface area contributed by atoms with E-state index in [9.17, 15) is 13.9 Å². The van der Waals surface area contributed by atoms with E-state index in [4.69, 9.17) is 4.74 Å². The van der Waals surface area contributed by atoms with Gasteiger partial charge in [-0.3, -0.25) is 0 Å². The Morgan fingerprint density at radius 3 is 2.59 bits per heavy atom. The van der Waals surface area contributed by atoms with Crippen molar-refractivity contribution in [3.8, 4) is 11.5 Å². The van der Waals surface area contributed by atoms with Crippen LogP contribution in [0.2, 0.25) is 0 Å². The molecule has 1 rings (SSSR count). The number of methoxy groups -OCH3 is 1. The standard InChI is InChI=1S/C19H31F2N3O3/c1-4-6-14(9-10-25)12-23-19(22-5-2)24-13-15-11-16(26-3)7-8-17(15)27-18(20)21/h7-8,11,14,18,25H,4-6,9-10,12-13H2,1-3H3,(H2,22,23,24). The molecule has 1 unspecified atom stereocenters. The summed E-state index contributed by atoms with van der Waals surface area (Å²) in [5, 5.41) is 15.6. The zero-order chi connectivity index (χ0) is 20.1. The van der Waals surface area contributed by atoms with Crippen LogP contribution in [0.4, 0.5) is 8.78 Å². The van der Waals surface area contributed by atoms with Crippen molar-refractivity contribution in [3.63, 3.8) is 0 Å². The molecule has 0 bridgehead atoms. The number of ether oxygens (including phenoxy) is 2. The van der Waals surface area contributed by atoms with Crippen LogP contribution < -0.4 is 20.1 Å². The van der Waals surface area contributed by atoms with E-state index < -0.39 is 6.61 Å².